The minimum atomic E-state index is -0.466. The van der Waals surface area contributed by atoms with Gasteiger partial charge in [0.2, 0.25) is 5.88 Å². The molecule has 0 saturated carbocycles. The molecular formula is C24H25FN6O5. The SMILES string of the molecule is COc1ccc2ncc(F)c(CCN3CCC4CN(c5cc6c(nn5)OCCO6)C(=O)OC4C3)c2n1. The Balaban J connectivity index is 1.12. The molecule has 0 aliphatic carbocycles. The maximum atomic E-state index is 14.7. The number of rotatable bonds is 5. The first-order valence-electron chi connectivity index (χ1n) is 11.9. The lowest BCUT2D eigenvalue weighted by atomic mass is 9.91. The van der Waals surface area contributed by atoms with E-state index in [0.717, 1.165) is 13.0 Å². The van der Waals surface area contributed by atoms with Crippen molar-refractivity contribution in [3.63, 3.8) is 0 Å². The number of ether oxygens (including phenoxy) is 4. The summed E-state index contributed by atoms with van der Waals surface area (Å²) in [5, 5.41) is 8.17. The highest BCUT2D eigenvalue weighted by Gasteiger charge is 2.40. The average molecular weight is 496 g/mol. The van der Waals surface area contributed by atoms with E-state index in [1.807, 2.05) is 0 Å². The topological polar surface area (TPSA) is 112 Å². The Hall–Kier alpha value is -3.80. The number of piperidine rings is 1. The first kappa shape index (κ1) is 22.7. The molecule has 3 aliphatic rings. The molecule has 3 aromatic rings. The molecule has 11 nitrogen and oxygen atoms in total. The van der Waals surface area contributed by atoms with Crippen LogP contribution >= 0.6 is 0 Å². The number of hydrogen-bond donors (Lipinski definition) is 0. The summed E-state index contributed by atoms with van der Waals surface area (Å²) >= 11 is 0. The number of pyridine rings is 2. The number of halogens is 1. The van der Waals surface area contributed by atoms with Crippen LogP contribution in [0.1, 0.15) is 12.0 Å². The molecule has 188 valence electrons. The molecule has 2 fully saturated rings. The lowest BCUT2D eigenvalue weighted by Crippen LogP contribution is -2.56. The van der Waals surface area contributed by atoms with Crippen LogP contribution in [-0.4, -0.2) is 83.8 Å². The van der Waals surface area contributed by atoms with Crippen molar-refractivity contribution in [3.05, 3.63) is 35.8 Å². The molecule has 0 aromatic carbocycles. The lowest BCUT2D eigenvalue weighted by Gasteiger charge is -2.43. The van der Waals surface area contributed by atoms with Crippen LogP contribution in [0.4, 0.5) is 15.0 Å². The Labute approximate surface area is 206 Å². The molecule has 0 radical (unpaired) electrons. The van der Waals surface area contributed by atoms with Crippen molar-refractivity contribution in [3.8, 4) is 17.5 Å². The third kappa shape index (κ3) is 4.21. The van der Waals surface area contributed by atoms with E-state index in [1.165, 1.54) is 18.2 Å². The van der Waals surface area contributed by atoms with Crippen LogP contribution in [-0.2, 0) is 11.2 Å². The Morgan fingerprint density at radius 1 is 1.19 bits per heavy atom. The number of aromatic nitrogens is 4. The van der Waals surface area contributed by atoms with Gasteiger partial charge in [0.15, 0.2) is 11.6 Å². The van der Waals surface area contributed by atoms with Gasteiger partial charge >= 0.3 is 6.09 Å². The van der Waals surface area contributed by atoms with Gasteiger partial charge in [0.25, 0.3) is 5.88 Å². The van der Waals surface area contributed by atoms with E-state index in [9.17, 15) is 9.18 Å². The molecule has 2 atom stereocenters. The molecule has 0 bridgehead atoms. The molecule has 0 spiro atoms. The van der Waals surface area contributed by atoms with E-state index >= 15 is 0 Å². The Bertz CT molecular complexity index is 1310. The summed E-state index contributed by atoms with van der Waals surface area (Å²) in [6.45, 7) is 3.32. The quantitative estimate of drug-likeness (QED) is 0.521. The van der Waals surface area contributed by atoms with Gasteiger partial charge in [-0.05, 0) is 25.5 Å². The summed E-state index contributed by atoms with van der Waals surface area (Å²) in [5.74, 6) is 1.36. The lowest BCUT2D eigenvalue weighted by molar-refractivity contribution is -0.00672. The Morgan fingerprint density at radius 3 is 2.97 bits per heavy atom. The zero-order valence-electron chi connectivity index (χ0n) is 19.7. The monoisotopic (exact) mass is 496 g/mol. The Morgan fingerprint density at radius 2 is 2.08 bits per heavy atom. The normalized spacial score (nSPS) is 21.7. The number of carbonyl (C=O) groups is 1. The molecular weight excluding hydrogens is 471 g/mol. The molecule has 6 rings (SSSR count). The number of amides is 1. The largest absolute Gasteiger partial charge is 0.484 e. The van der Waals surface area contributed by atoms with Gasteiger partial charge in [-0.1, -0.05) is 0 Å². The van der Waals surface area contributed by atoms with Crippen LogP contribution in [0, 0.1) is 11.7 Å². The average Bonchev–Trinajstić information content (AvgIpc) is 2.91. The van der Waals surface area contributed by atoms with Gasteiger partial charge < -0.3 is 18.9 Å². The fourth-order valence-corrected chi connectivity index (χ4v) is 4.94. The van der Waals surface area contributed by atoms with Gasteiger partial charge in [0.1, 0.15) is 25.1 Å². The van der Waals surface area contributed by atoms with E-state index in [0.29, 0.717) is 79.2 Å². The number of carbonyl (C=O) groups excluding carboxylic acids is 1. The van der Waals surface area contributed by atoms with Crippen LogP contribution < -0.4 is 19.1 Å². The maximum absolute atomic E-state index is 14.7. The number of fused-ring (bicyclic) bond motifs is 3. The van der Waals surface area contributed by atoms with Crippen molar-refractivity contribution >= 4 is 22.9 Å². The van der Waals surface area contributed by atoms with E-state index in [2.05, 4.69) is 25.1 Å². The van der Waals surface area contributed by atoms with Gasteiger partial charge in [-0.15, -0.1) is 10.2 Å². The minimum Gasteiger partial charge on any atom is -0.484 e. The summed E-state index contributed by atoms with van der Waals surface area (Å²) in [7, 11) is 1.53. The second-order valence-corrected chi connectivity index (χ2v) is 9.01. The summed E-state index contributed by atoms with van der Waals surface area (Å²) in [6.07, 6.45) is 1.81. The number of nitrogens with zero attached hydrogens (tertiary/aromatic N) is 6. The van der Waals surface area contributed by atoms with Crippen molar-refractivity contribution in [1.29, 1.82) is 0 Å². The van der Waals surface area contributed by atoms with Crippen molar-refractivity contribution in [1.82, 2.24) is 25.1 Å². The first-order chi connectivity index (χ1) is 17.6. The van der Waals surface area contributed by atoms with Crippen molar-refractivity contribution in [2.45, 2.75) is 18.9 Å². The number of hydrogen-bond acceptors (Lipinski definition) is 10. The number of likely N-dealkylation sites (tertiary alicyclic amines) is 1. The van der Waals surface area contributed by atoms with Crippen LogP contribution in [0.2, 0.25) is 0 Å². The van der Waals surface area contributed by atoms with Crippen LogP contribution in [0.5, 0.6) is 17.5 Å². The highest BCUT2D eigenvalue weighted by atomic mass is 19.1. The summed E-state index contributed by atoms with van der Waals surface area (Å²) in [4.78, 5) is 25.1. The highest BCUT2D eigenvalue weighted by Crippen LogP contribution is 2.34. The second-order valence-electron chi connectivity index (χ2n) is 9.01. The van der Waals surface area contributed by atoms with Crippen molar-refractivity contribution < 1.29 is 28.1 Å². The number of anilines is 1. The van der Waals surface area contributed by atoms with Crippen LogP contribution in [0.15, 0.2) is 24.4 Å². The van der Waals surface area contributed by atoms with Gasteiger partial charge in [0.05, 0.1) is 24.3 Å². The van der Waals surface area contributed by atoms with E-state index in [1.54, 1.807) is 18.2 Å². The van der Waals surface area contributed by atoms with Gasteiger partial charge in [-0.2, -0.15) is 0 Å². The van der Waals surface area contributed by atoms with Crippen LogP contribution in [0.3, 0.4) is 0 Å². The fraction of sp³-hybridized carbons (Fsp3) is 0.458. The molecule has 36 heavy (non-hydrogen) atoms. The van der Waals surface area contributed by atoms with E-state index < -0.39 is 11.9 Å². The summed E-state index contributed by atoms with van der Waals surface area (Å²) in [5.41, 5.74) is 1.63. The maximum Gasteiger partial charge on any atom is 0.415 e. The van der Waals surface area contributed by atoms with E-state index in [4.69, 9.17) is 18.9 Å². The van der Waals surface area contributed by atoms with Crippen molar-refractivity contribution in [2.24, 2.45) is 5.92 Å². The summed E-state index contributed by atoms with van der Waals surface area (Å²) in [6, 6.07) is 5.14. The molecule has 2 unspecified atom stereocenters. The predicted molar refractivity (Wildman–Crippen MR) is 125 cm³/mol. The standard InChI is InChI=1S/C24H25FN6O5/c1-33-21-3-2-17-22(27-21)15(16(25)11-26-17)5-7-30-6-4-14-12-31(24(32)36-19(14)13-30)20-10-18-23(29-28-20)35-9-8-34-18/h2-3,10-11,14,19H,4-9,12-13H2,1H3. The fourth-order valence-electron chi connectivity index (χ4n) is 4.94. The van der Waals surface area contributed by atoms with E-state index in [-0.39, 0.29) is 12.0 Å². The molecule has 2 saturated heterocycles. The zero-order valence-corrected chi connectivity index (χ0v) is 19.7. The van der Waals surface area contributed by atoms with Crippen molar-refractivity contribution in [2.75, 3.05) is 51.4 Å². The van der Waals surface area contributed by atoms with Gasteiger partial charge in [0, 0.05) is 43.2 Å². The molecule has 3 aliphatic heterocycles. The molecule has 3 aromatic heterocycles. The second kappa shape index (κ2) is 9.34. The predicted octanol–water partition coefficient (Wildman–Crippen LogP) is 2.23. The highest BCUT2D eigenvalue weighted by molar-refractivity contribution is 5.87. The molecule has 6 heterocycles. The molecule has 12 heteroatoms. The zero-order chi connectivity index (χ0) is 24.6. The third-order valence-corrected chi connectivity index (χ3v) is 6.87. The summed E-state index contributed by atoms with van der Waals surface area (Å²) < 4.78 is 36.7. The number of methoxy groups -OCH3 is 1. The van der Waals surface area contributed by atoms with Crippen LogP contribution in [0.25, 0.3) is 11.0 Å². The third-order valence-electron chi connectivity index (χ3n) is 6.87. The molecule has 1 amide bonds. The smallest absolute Gasteiger partial charge is 0.415 e. The Kier molecular flexibility index (Phi) is 5.88. The minimum absolute atomic E-state index is 0.151. The first-order valence-corrected chi connectivity index (χ1v) is 11.9. The van der Waals surface area contributed by atoms with Gasteiger partial charge in [-0.25, -0.2) is 14.2 Å². The van der Waals surface area contributed by atoms with Gasteiger partial charge in [-0.3, -0.25) is 14.8 Å². The molecule has 0 N–H and O–H groups in total.